The van der Waals surface area contributed by atoms with Crippen LogP contribution in [0, 0.1) is 5.92 Å². The van der Waals surface area contributed by atoms with E-state index in [0.717, 1.165) is 5.56 Å². The lowest BCUT2D eigenvalue weighted by atomic mass is 10.0. The summed E-state index contributed by atoms with van der Waals surface area (Å²) < 4.78 is 16.6. The summed E-state index contributed by atoms with van der Waals surface area (Å²) in [6.07, 6.45) is -0.460. The minimum Gasteiger partial charge on any atom is -0.507 e. The van der Waals surface area contributed by atoms with Gasteiger partial charge in [-0.15, -0.1) is 0 Å². The van der Waals surface area contributed by atoms with E-state index in [-0.39, 0.29) is 35.0 Å². The molecule has 0 aliphatic rings. The third kappa shape index (κ3) is 6.55. The fourth-order valence-electron chi connectivity index (χ4n) is 3.83. The molecule has 0 fully saturated rings. The maximum atomic E-state index is 13.0. The van der Waals surface area contributed by atoms with E-state index in [1.807, 2.05) is 62.4 Å². The number of esters is 1. The van der Waals surface area contributed by atoms with E-state index in [1.54, 1.807) is 12.1 Å². The molecule has 8 nitrogen and oxygen atoms in total. The van der Waals surface area contributed by atoms with Crippen molar-refractivity contribution in [3.8, 4) is 22.8 Å². The van der Waals surface area contributed by atoms with Gasteiger partial charge in [0.2, 0.25) is 0 Å². The zero-order valence-corrected chi connectivity index (χ0v) is 20.5. The summed E-state index contributed by atoms with van der Waals surface area (Å²) in [7, 11) is 0. The number of hydrogen-bond donors (Lipinski definition) is 2. The minimum atomic E-state index is -0.997. The average molecular weight is 502 g/mol. The Bertz CT molecular complexity index is 1450. The molecule has 0 unspecified atom stereocenters. The number of hydrogen-bond acceptors (Lipinski definition) is 7. The van der Waals surface area contributed by atoms with Gasteiger partial charge in [0.25, 0.3) is 0 Å². The zero-order valence-electron chi connectivity index (χ0n) is 20.5. The SMILES string of the molecule is CC(C)C[C@@H](NC(=O)OCc1ccccc1)C(=O)Oc1cc(O)c2c(=O)cc(-c3ccccc3)oc2c1. The summed E-state index contributed by atoms with van der Waals surface area (Å²) >= 11 is 0. The number of rotatable bonds is 8. The predicted molar refractivity (Wildman–Crippen MR) is 138 cm³/mol. The minimum absolute atomic E-state index is 0.0270. The first-order valence-corrected chi connectivity index (χ1v) is 11.9. The van der Waals surface area contributed by atoms with Crippen LogP contribution >= 0.6 is 0 Å². The largest absolute Gasteiger partial charge is 0.507 e. The van der Waals surface area contributed by atoms with E-state index < -0.39 is 23.5 Å². The van der Waals surface area contributed by atoms with Crippen LogP contribution in [0.3, 0.4) is 0 Å². The lowest BCUT2D eigenvalue weighted by Crippen LogP contribution is -2.44. The molecular formula is C29H27NO7. The molecule has 4 aromatic rings. The van der Waals surface area contributed by atoms with Crippen LogP contribution in [0.15, 0.2) is 88.1 Å². The van der Waals surface area contributed by atoms with Gasteiger partial charge in [0.15, 0.2) is 5.43 Å². The van der Waals surface area contributed by atoms with Gasteiger partial charge >= 0.3 is 12.1 Å². The predicted octanol–water partition coefficient (Wildman–Crippen LogP) is 5.41. The Balaban J connectivity index is 1.53. The molecule has 2 N–H and O–H groups in total. The molecule has 1 amide bonds. The van der Waals surface area contributed by atoms with E-state index in [2.05, 4.69) is 5.32 Å². The summed E-state index contributed by atoms with van der Waals surface area (Å²) in [5.41, 5.74) is 1.11. The zero-order chi connectivity index (χ0) is 26.4. The van der Waals surface area contributed by atoms with Gasteiger partial charge in [-0.05, 0) is 17.9 Å². The lowest BCUT2D eigenvalue weighted by Gasteiger charge is -2.19. The molecule has 0 saturated heterocycles. The molecule has 8 heteroatoms. The number of phenols is 1. The number of carbonyl (C=O) groups excluding carboxylic acids is 2. The highest BCUT2D eigenvalue weighted by atomic mass is 16.6. The first-order chi connectivity index (χ1) is 17.8. The summed E-state index contributed by atoms with van der Waals surface area (Å²) in [5, 5.41) is 13.0. The van der Waals surface area contributed by atoms with E-state index in [1.165, 1.54) is 18.2 Å². The number of nitrogens with one attached hydrogen (secondary N) is 1. The first-order valence-electron chi connectivity index (χ1n) is 11.9. The smallest absolute Gasteiger partial charge is 0.408 e. The third-order valence-electron chi connectivity index (χ3n) is 5.56. The van der Waals surface area contributed by atoms with E-state index in [9.17, 15) is 19.5 Å². The van der Waals surface area contributed by atoms with Crippen LogP contribution in [0.4, 0.5) is 4.79 Å². The van der Waals surface area contributed by atoms with Crippen molar-refractivity contribution in [2.24, 2.45) is 5.92 Å². The topological polar surface area (TPSA) is 115 Å². The Morgan fingerprint density at radius 2 is 1.65 bits per heavy atom. The average Bonchev–Trinajstić information content (AvgIpc) is 2.87. The van der Waals surface area contributed by atoms with Crippen molar-refractivity contribution < 1.29 is 28.6 Å². The second-order valence-corrected chi connectivity index (χ2v) is 8.97. The molecule has 0 aliphatic heterocycles. The Morgan fingerprint density at radius 3 is 2.32 bits per heavy atom. The molecule has 0 bridgehead atoms. The number of amides is 1. The second kappa shape index (κ2) is 11.4. The number of fused-ring (bicyclic) bond motifs is 1. The second-order valence-electron chi connectivity index (χ2n) is 8.97. The number of phenolic OH excluding ortho intramolecular Hbond substituents is 1. The Kier molecular flexibility index (Phi) is 7.88. The number of alkyl carbamates (subject to hydrolysis) is 1. The monoisotopic (exact) mass is 501 g/mol. The van der Waals surface area contributed by atoms with Crippen LogP contribution in [-0.4, -0.2) is 23.2 Å². The van der Waals surface area contributed by atoms with Gasteiger partial charge in [-0.25, -0.2) is 9.59 Å². The maximum absolute atomic E-state index is 13.0. The Hall–Kier alpha value is -4.59. The quantitative estimate of drug-likeness (QED) is 0.245. The molecule has 1 aromatic heterocycles. The molecule has 3 aromatic carbocycles. The highest BCUT2D eigenvalue weighted by Crippen LogP contribution is 2.31. The first kappa shape index (κ1) is 25.5. The molecule has 1 atom stereocenters. The van der Waals surface area contributed by atoms with Crippen LogP contribution in [0.5, 0.6) is 11.5 Å². The van der Waals surface area contributed by atoms with Gasteiger partial charge < -0.3 is 24.3 Å². The Labute approximate surface area is 213 Å². The fourth-order valence-corrected chi connectivity index (χ4v) is 3.83. The number of carbonyl (C=O) groups is 2. The van der Waals surface area contributed by atoms with Gasteiger partial charge in [0.1, 0.15) is 40.9 Å². The molecular weight excluding hydrogens is 474 g/mol. The van der Waals surface area contributed by atoms with Crippen LogP contribution in [-0.2, 0) is 16.1 Å². The van der Waals surface area contributed by atoms with E-state index >= 15 is 0 Å². The van der Waals surface area contributed by atoms with Gasteiger partial charge in [-0.1, -0.05) is 74.5 Å². The van der Waals surface area contributed by atoms with Crippen molar-refractivity contribution >= 4 is 23.0 Å². The molecule has 37 heavy (non-hydrogen) atoms. The van der Waals surface area contributed by atoms with E-state index in [0.29, 0.717) is 17.7 Å². The van der Waals surface area contributed by atoms with Gasteiger partial charge in [-0.2, -0.15) is 0 Å². The maximum Gasteiger partial charge on any atom is 0.408 e. The number of benzene rings is 3. The number of ether oxygens (including phenoxy) is 2. The highest BCUT2D eigenvalue weighted by molar-refractivity contribution is 5.88. The Morgan fingerprint density at radius 1 is 0.973 bits per heavy atom. The normalized spacial score (nSPS) is 11.8. The van der Waals surface area contributed by atoms with Crippen molar-refractivity contribution in [3.63, 3.8) is 0 Å². The fraction of sp³-hybridized carbons (Fsp3) is 0.207. The van der Waals surface area contributed by atoms with Crippen molar-refractivity contribution in [3.05, 3.63) is 94.6 Å². The van der Waals surface area contributed by atoms with Crippen molar-refractivity contribution in [1.29, 1.82) is 0 Å². The molecule has 0 aliphatic carbocycles. The molecule has 0 saturated carbocycles. The number of aromatic hydroxyl groups is 1. The van der Waals surface area contributed by atoms with Crippen LogP contribution in [0.1, 0.15) is 25.8 Å². The van der Waals surface area contributed by atoms with Crippen LogP contribution in [0.25, 0.3) is 22.3 Å². The third-order valence-corrected chi connectivity index (χ3v) is 5.56. The molecule has 0 radical (unpaired) electrons. The molecule has 4 rings (SSSR count). The van der Waals surface area contributed by atoms with E-state index in [4.69, 9.17) is 13.9 Å². The van der Waals surface area contributed by atoms with Gasteiger partial charge in [0.05, 0.1) is 0 Å². The van der Waals surface area contributed by atoms with Crippen molar-refractivity contribution in [2.75, 3.05) is 0 Å². The summed E-state index contributed by atoms with van der Waals surface area (Å²) in [6.45, 7) is 3.86. The van der Waals surface area contributed by atoms with Crippen LogP contribution < -0.4 is 15.5 Å². The standard InChI is InChI=1S/C29H27NO7/c1-18(2)13-22(30-29(34)35-17-19-9-5-3-6-10-19)28(33)36-21-14-23(31)27-24(32)16-25(37-26(27)15-21)20-11-7-4-8-12-20/h3-12,14-16,18,22,31H,13,17H2,1-2H3,(H,30,34)/t22-/m1/s1. The molecule has 0 spiro atoms. The van der Waals surface area contributed by atoms with Crippen molar-refractivity contribution in [1.82, 2.24) is 5.32 Å². The van der Waals surface area contributed by atoms with Crippen LogP contribution in [0.2, 0.25) is 0 Å². The summed E-state index contributed by atoms with van der Waals surface area (Å²) in [5.74, 6) is -0.795. The highest BCUT2D eigenvalue weighted by Gasteiger charge is 2.25. The summed E-state index contributed by atoms with van der Waals surface area (Å²) in [6, 6.07) is 21.0. The van der Waals surface area contributed by atoms with Gasteiger partial charge in [0, 0.05) is 23.8 Å². The summed E-state index contributed by atoms with van der Waals surface area (Å²) in [4.78, 5) is 38.0. The van der Waals surface area contributed by atoms with Crippen molar-refractivity contribution in [2.45, 2.75) is 32.9 Å². The lowest BCUT2D eigenvalue weighted by molar-refractivity contribution is -0.137. The molecule has 1 heterocycles. The molecule has 190 valence electrons. The van der Waals surface area contributed by atoms with Gasteiger partial charge in [-0.3, -0.25) is 4.79 Å².